The Hall–Kier alpha value is -2.56. The number of carbonyl (C=O) groups is 2. The van der Waals surface area contributed by atoms with E-state index in [2.05, 4.69) is 6.92 Å². The number of carbonyl (C=O) groups excluding carboxylic acids is 2. The molecule has 148 valence electrons. The maximum Gasteiger partial charge on any atom is 0.246 e. The monoisotopic (exact) mass is 380 g/mol. The van der Waals surface area contributed by atoms with Crippen LogP contribution in [0.4, 0.5) is 5.69 Å². The van der Waals surface area contributed by atoms with Crippen LogP contribution in [0.25, 0.3) is 0 Å². The van der Waals surface area contributed by atoms with Crippen molar-refractivity contribution in [2.45, 2.75) is 64.5 Å². The van der Waals surface area contributed by atoms with Crippen molar-refractivity contribution in [2.24, 2.45) is 0 Å². The van der Waals surface area contributed by atoms with Gasteiger partial charge in [-0.25, -0.2) is 0 Å². The fraction of sp³-hybridized carbons (Fsp3) is 0.478. The van der Waals surface area contributed by atoms with Gasteiger partial charge in [-0.2, -0.15) is 0 Å². The molecule has 2 aromatic rings. The lowest BCUT2D eigenvalue weighted by Crippen LogP contribution is -2.50. The fourth-order valence-corrected chi connectivity index (χ4v) is 4.60. The maximum atomic E-state index is 13.7. The van der Waals surface area contributed by atoms with Gasteiger partial charge < -0.3 is 9.32 Å². The normalized spacial score (nSPS) is 22.1. The summed E-state index contributed by atoms with van der Waals surface area (Å²) in [4.78, 5) is 29.7. The summed E-state index contributed by atoms with van der Waals surface area (Å²) < 4.78 is 6.03. The summed E-state index contributed by atoms with van der Waals surface area (Å²) in [6.45, 7) is 4.33. The Balaban J connectivity index is 1.65. The van der Waals surface area contributed by atoms with Crippen molar-refractivity contribution in [3.8, 4) is 0 Å². The third-order valence-electron chi connectivity index (χ3n) is 6.00. The molecule has 4 rings (SSSR count). The average molecular weight is 380 g/mol. The largest absolute Gasteiger partial charge is 0.464 e. The van der Waals surface area contributed by atoms with Gasteiger partial charge in [0, 0.05) is 32.0 Å². The molecule has 0 aliphatic carbocycles. The van der Waals surface area contributed by atoms with E-state index in [-0.39, 0.29) is 17.9 Å². The van der Waals surface area contributed by atoms with Crippen LogP contribution in [0.2, 0.25) is 0 Å². The molecule has 2 aliphatic heterocycles. The van der Waals surface area contributed by atoms with E-state index in [9.17, 15) is 9.59 Å². The minimum Gasteiger partial charge on any atom is -0.464 e. The highest BCUT2D eigenvalue weighted by molar-refractivity contribution is 6.02. The zero-order valence-electron chi connectivity index (χ0n) is 16.7. The van der Waals surface area contributed by atoms with E-state index in [0.29, 0.717) is 13.0 Å². The van der Waals surface area contributed by atoms with Crippen LogP contribution in [0, 0.1) is 0 Å². The smallest absolute Gasteiger partial charge is 0.246 e. The zero-order chi connectivity index (χ0) is 19.7. The van der Waals surface area contributed by atoms with Crippen molar-refractivity contribution in [1.29, 1.82) is 0 Å². The van der Waals surface area contributed by atoms with Gasteiger partial charge in [0.2, 0.25) is 11.8 Å². The van der Waals surface area contributed by atoms with Gasteiger partial charge in [0.15, 0.2) is 0 Å². The molecule has 2 atom stereocenters. The van der Waals surface area contributed by atoms with Gasteiger partial charge in [-0.1, -0.05) is 38.0 Å². The second-order valence-electron chi connectivity index (χ2n) is 7.79. The molecule has 2 aliphatic rings. The van der Waals surface area contributed by atoms with Crippen LogP contribution < -0.4 is 4.90 Å². The van der Waals surface area contributed by atoms with Gasteiger partial charge in [0.1, 0.15) is 17.6 Å². The molecule has 1 fully saturated rings. The second kappa shape index (κ2) is 7.82. The minimum atomic E-state index is -0.462. The molecule has 0 N–H and O–H groups in total. The molecular weight excluding hydrogens is 352 g/mol. The first-order chi connectivity index (χ1) is 13.6. The molecule has 1 aromatic heterocycles. The Bertz CT molecular complexity index is 872. The quantitative estimate of drug-likeness (QED) is 0.799. The topological polar surface area (TPSA) is 53.8 Å². The summed E-state index contributed by atoms with van der Waals surface area (Å²) in [6, 6.07) is 11.4. The Labute approximate surface area is 166 Å². The first kappa shape index (κ1) is 18.8. The molecular formula is C23H28N2O3. The molecule has 1 saturated heterocycles. The van der Waals surface area contributed by atoms with E-state index in [1.165, 1.54) is 0 Å². The predicted octanol–water partition coefficient (Wildman–Crippen LogP) is 4.26. The van der Waals surface area contributed by atoms with Crippen molar-refractivity contribution in [2.75, 3.05) is 11.4 Å². The van der Waals surface area contributed by atoms with E-state index < -0.39 is 6.04 Å². The predicted molar refractivity (Wildman–Crippen MR) is 108 cm³/mol. The van der Waals surface area contributed by atoms with Crippen molar-refractivity contribution in [3.05, 3.63) is 53.5 Å². The Kier molecular flexibility index (Phi) is 5.25. The van der Waals surface area contributed by atoms with Gasteiger partial charge in [0.05, 0.1) is 6.04 Å². The Morgan fingerprint density at radius 1 is 1.11 bits per heavy atom. The Morgan fingerprint density at radius 3 is 2.68 bits per heavy atom. The highest BCUT2D eigenvalue weighted by Gasteiger charge is 2.41. The molecule has 3 heterocycles. The standard InChI is InChI=1S/C23H28N2O3/c1-3-18-12-13-22(28-18)20-11-5-4-8-14-24(20)23(27)21-15-17-9-6-7-10-19(17)25(21)16(2)26/h6-7,9-10,12-13,20-21H,3-5,8,11,14-15H2,1-2H3/t20?,21-/m0/s1. The first-order valence-electron chi connectivity index (χ1n) is 10.4. The molecule has 5 heteroatoms. The third kappa shape index (κ3) is 3.34. The summed E-state index contributed by atoms with van der Waals surface area (Å²) in [5.41, 5.74) is 1.93. The number of furan rings is 1. The number of benzene rings is 1. The summed E-state index contributed by atoms with van der Waals surface area (Å²) in [5, 5.41) is 0. The molecule has 0 spiro atoms. The molecule has 1 aromatic carbocycles. The fourth-order valence-electron chi connectivity index (χ4n) is 4.60. The average Bonchev–Trinajstić information content (AvgIpc) is 3.25. The van der Waals surface area contributed by atoms with E-state index >= 15 is 0 Å². The van der Waals surface area contributed by atoms with Gasteiger partial charge in [0.25, 0.3) is 0 Å². The number of nitrogens with zero attached hydrogens (tertiary/aromatic N) is 2. The number of hydrogen-bond donors (Lipinski definition) is 0. The summed E-state index contributed by atoms with van der Waals surface area (Å²) in [7, 11) is 0. The molecule has 5 nitrogen and oxygen atoms in total. The van der Waals surface area contributed by atoms with Crippen LogP contribution in [-0.2, 0) is 22.4 Å². The van der Waals surface area contributed by atoms with Crippen LogP contribution in [0.15, 0.2) is 40.8 Å². The van der Waals surface area contributed by atoms with Crippen molar-refractivity contribution < 1.29 is 14.0 Å². The molecule has 0 saturated carbocycles. The molecule has 28 heavy (non-hydrogen) atoms. The van der Waals surface area contributed by atoms with Crippen LogP contribution in [-0.4, -0.2) is 29.3 Å². The van der Waals surface area contributed by atoms with Crippen molar-refractivity contribution >= 4 is 17.5 Å². The SMILES string of the molecule is CCc1ccc(C2CCCCCN2C(=O)[C@@H]2Cc3ccccc3N2C(C)=O)o1. The number of likely N-dealkylation sites (tertiary alicyclic amines) is 1. The number of rotatable bonds is 3. The number of para-hydroxylation sites is 1. The van der Waals surface area contributed by atoms with Crippen molar-refractivity contribution in [3.63, 3.8) is 0 Å². The highest BCUT2D eigenvalue weighted by Crippen LogP contribution is 2.37. The molecule has 0 bridgehead atoms. The van der Waals surface area contributed by atoms with Crippen LogP contribution in [0.1, 0.15) is 62.7 Å². The van der Waals surface area contributed by atoms with Crippen LogP contribution in [0.3, 0.4) is 0 Å². The van der Waals surface area contributed by atoms with E-state index in [1.54, 1.807) is 11.8 Å². The maximum absolute atomic E-state index is 13.7. The number of hydrogen-bond acceptors (Lipinski definition) is 3. The number of fused-ring (bicyclic) bond motifs is 1. The third-order valence-corrected chi connectivity index (χ3v) is 6.00. The lowest BCUT2D eigenvalue weighted by atomic mass is 10.0. The van der Waals surface area contributed by atoms with E-state index in [0.717, 1.165) is 54.9 Å². The van der Waals surface area contributed by atoms with Gasteiger partial charge >= 0.3 is 0 Å². The van der Waals surface area contributed by atoms with Gasteiger partial charge in [-0.3, -0.25) is 14.5 Å². The summed E-state index contributed by atoms with van der Waals surface area (Å²) >= 11 is 0. The lowest BCUT2D eigenvalue weighted by Gasteiger charge is -2.33. The number of aryl methyl sites for hydroxylation is 1. The molecule has 1 unspecified atom stereocenters. The second-order valence-corrected chi connectivity index (χ2v) is 7.79. The number of amides is 2. The molecule has 2 amide bonds. The minimum absolute atomic E-state index is 0.0350. The van der Waals surface area contributed by atoms with E-state index in [1.807, 2.05) is 41.3 Å². The van der Waals surface area contributed by atoms with Crippen LogP contribution in [0.5, 0.6) is 0 Å². The summed E-state index contributed by atoms with van der Waals surface area (Å²) in [6.07, 6.45) is 5.51. The number of anilines is 1. The van der Waals surface area contributed by atoms with Crippen LogP contribution >= 0.6 is 0 Å². The lowest BCUT2D eigenvalue weighted by molar-refractivity contribution is -0.136. The molecule has 0 radical (unpaired) electrons. The zero-order valence-corrected chi connectivity index (χ0v) is 16.7. The first-order valence-corrected chi connectivity index (χ1v) is 10.4. The Morgan fingerprint density at radius 2 is 1.93 bits per heavy atom. The highest BCUT2D eigenvalue weighted by atomic mass is 16.3. The van der Waals surface area contributed by atoms with Crippen molar-refractivity contribution in [1.82, 2.24) is 4.90 Å². The summed E-state index contributed by atoms with van der Waals surface area (Å²) in [5.74, 6) is 1.77. The van der Waals surface area contributed by atoms with E-state index in [4.69, 9.17) is 4.42 Å². The van der Waals surface area contributed by atoms with Gasteiger partial charge in [-0.05, 0) is 36.6 Å². The van der Waals surface area contributed by atoms with Gasteiger partial charge in [-0.15, -0.1) is 0 Å².